The first-order valence-corrected chi connectivity index (χ1v) is 11.7. The summed E-state index contributed by atoms with van der Waals surface area (Å²) in [4.78, 5) is 17.6. The van der Waals surface area contributed by atoms with Crippen LogP contribution in [0.1, 0.15) is 61.6 Å². The lowest BCUT2D eigenvalue weighted by Crippen LogP contribution is -2.25. The van der Waals surface area contributed by atoms with Crippen LogP contribution >= 0.6 is 0 Å². The smallest absolute Gasteiger partial charge is 0.222 e. The zero-order valence-corrected chi connectivity index (χ0v) is 20.7. The lowest BCUT2D eigenvalue weighted by atomic mass is 9.98. The fourth-order valence-corrected chi connectivity index (χ4v) is 4.07. The number of amides is 1. The minimum Gasteiger partial charge on any atom is -0.497 e. The van der Waals surface area contributed by atoms with Crippen molar-refractivity contribution in [2.45, 2.75) is 45.8 Å². The summed E-state index contributed by atoms with van der Waals surface area (Å²) in [5.41, 5.74) is 3.47. The fourth-order valence-electron chi connectivity index (χ4n) is 4.07. The minimum atomic E-state index is -0.891. The van der Waals surface area contributed by atoms with Gasteiger partial charge in [-0.25, -0.2) is 0 Å². The monoisotopic (exact) mass is 473 g/mol. The standard InChI is InChI=1S/C27H31N5O3/c1-6-28-24(33)16-22-26-31-30-17(2)32(26)23-12-11-20(35-5)15-21(23)25(29-22)19-9-7-18(8-10-19)13-14-27(3,4)34/h7-15,22,34H,6,16H2,1-5H3,(H,28,33)/t22-/m0/s1. The third-order valence-corrected chi connectivity index (χ3v) is 5.75. The van der Waals surface area contributed by atoms with Crippen molar-refractivity contribution in [1.82, 2.24) is 20.1 Å². The summed E-state index contributed by atoms with van der Waals surface area (Å²) in [6.07, 6.45) is 3.80. The van der Waals surface area contributed by atoms with Crippen LogP contribution in [0.25, 0.3) is 11.8 Å². The molecule has 1 amide bonds. The molecular weight excluding hydrogens is 442 g/mol. The van der Waals surface area contributed by atoms with E-state index in [0.29, 0.717) is 18.1 Å². The van der Waals surface area contributed by atoms with Crippen molar-refractivity contribution in [3.63, 3.8) is 0 Å². The predicted octanol–water partition coefficient (Wildman–Crippen LogP) is 3.79. The van der Waals surface area contributed by atoms with Crippen LogP contribution in [0.2, 0.25) is 0 Å². The highest BCUT2D eigenvalue weighted by atomic mass is 16.5. The number of methoxy groups -OCH3 is 1. The van der Waals surface area contributed by atoms with Gasteiger partial charge in [-0.2, -0.15) is 0 Å². The maximum atomic E-state index is 12.6. The molecule has 0 saturated carbocycles. The van der Waals surface area contributed by atoms with Gasteiger partial charge in [0.1, 0.15) is 17.6 Å². The quantitative estimate of drug-likeness (QED) is 0.544. The summed E-state index contributed by atoms with van der Waals surface area (Å²) >= 11 is 0. The number of hydrogen-bond acceptors (Lipinski definition) is 6. The highest BCUT2D eigenvalue weighted by Gasteiger charge is 2.29. The SMILES string of the molecule is CCNC(=O)C[C@@H]1N=C(c2ccc(C=CC(C)(C)O)cc2)c2cc(OC)ccc2-n2c(C)nnc21. The Morgan fingerprint density at radius 1 is 1.20 bits per heavy atom. The Hall–Kier alpha value is -3.78. The summed E-state index contributed by atoms with van der Waals surface area (Å²) in [5.74, 6) is 1.95. The molecule has 8 heteroatoms. The molecule has 8 nitrogen and oxygen atoms in total. The number of hydrogen-bond donors (Lipinski definition) is 2. The van der Waals surface area contributed by atoms with E-state index < -0.39 is 11.6 Å². The molecule has 3 aromatic rings. The summed E-state index contributed by atoms with van der Waals surface area (Å²) in [6, 6.07) is 13.3. The molecule has 2 N–H and O–H groups in total. The molecule has 2 aromatic carbocycles. The Bertz CT molecular complexity index is 1280. The van der Waals surface area contributed by atoms with E-state index in [4.69, 9.17) is 9.73 Å². The van der Waals surface area contributed by atoms with Gasteiger partial charge in [0.15, 0.2) is 5.82 Å². The maximum Gasteiger partial charge on any atom is 0.222 e. The van der Waals surface area contributed by atoms with Crippen LogP contribution < -0.4 is 10.1 Å². The first kappa shape index (κ1) is 24.3. The van der Waals surface area contributed by atoms with Crippen LogP contribution in [-0.4, -0.2) is 50.7 Å². The third kappa shape index (κ3) is 5.33. The summed E-state index contributed by atoms with van der Waals surface area (Å²) in [6.45, 7) is 7.80. The fraction of sp³-hybridized carbons (Fsp3) is 0.333. The van der Waals surface area contributed by atoms with E-state index >= 15 is 0 Å². The lowest BCUT2D eigenvalue weighted by molar-refractivity contribution is -0.121. The number of carbonyl (C=O) groups is 1. The van der Waals surface area contributed by atoms with Gasteiger partial charge in [0.05, 0.1) is 30.5 Å². The van der Waals surface area contributed by atoms with Gasteiger partial charge in [0.2, 0.25) is 5.91 Å². The number of carbonyl (C=O) groups excluding carboxylic acids is 1. The van der Waals surface area contributed by atoms with E-state index in [9.17, 15) is 9.90 Å². The highest BCUT2D eigenvalue weighted by Crippen LogP contribution is 2.34. The Kier molecular flexibility index (Phi) is 6.84. The number of fused-ring (bicyclic) bond motifs is 3. The third-order valence-electron chi connectivity index (χ3n) is 5.75. The number of aromatic nitrogens is 3. The Morgan fingerprint density at radius 2 is 1.94 bits per heavy atom. The van der Waals surface area contributed by atoms with Crippen LogP contribution in [0.15, 0.2) is 53.5 Å². The van der Waals surface area contributed by atoms with E-state index in [2.05, 4.69) is 15.5 Å². The number of nitrogens with one attached hydrogen (secondary N) is 1. The molecule has 1 atom stereocenters. The van der Waals surface area contributed by atoms with Gasteiger partial charge in [-0.1, -0.05) is 36.4 Å². The second-order valence-corrected chi connectivity index (χ2v) is 9.08. The molecular formula is C27H31N5O3. The molecule has 0 spiro atoms. The van der Waals surface area contributed by atoms with E-state index in [0.717, 1.165) is 33.9 Å². The van der Waals surface area contributed by atoms with Crippen molar-refractivity contribution in [3.05, 3.63) is 76.9 Å². The van der Waals surface area contributed by atoms with Gasteiger partial charge in [-0.15, -0.1) is 10.2 Å². The second kappa shape index (κ2) is 9.84. The van der Waals surface area contributed by atoms with Crippen LogP contribution in [0.5, 0.6) is 5.75 Å². The van der Waals surface area contributed by atoms with Crippen LogP contribution in [0.3, 0.4) is 0 Å². The topological polar surface area (TPSA) is 102 Å². The molecule has 0 unspecified atom stereocenters. The van der Waals surface area contributed by atoms with E-state index in [-0.39, 0.29) is 12.3 Å². The summed E-state index contributed by atoms with van der Waals surface area (Å²) < 4.78 is 7.49. The molecule has 0 fully saturated rings. The first-order chi connectivity index (χ1) is 16.7. The molecule has 35 heavy (non-hydrogen) atoms. The summed E-state index contributed by atoms with van der Waals surface area (Å²) in [7, 11) is 1.63. The van der Waals surface area contributed by atoms with Crippen molar-refractivity contribution in [2.75, 3.05) is 13.7 Å². The molecule has 1 aliphatic rings. The van der Waals surface area contributed by atoms with Gasteiger partial charge in [-0.05, 0) is 51.5 Å². The van der Waals surface area contributed by atoms with E-state index in [1.54, 1.807) is 27.0 Å². The molecule has 4 rings (SSSR count). The molecule has 182 valence electrons. The second-order valence-electron chi connectivity index (χ2n) is 9.08. The molecule has 1 aliphatic heterocycles. The average molecular weight is 474 g/mol. The number of aliphatic imine (C=N–C) groups is 1. The van der Waals surface area contributed by atoms with Crippen molar-refractivity contribution in [2.24, 2.45) is 4.99 Å². The predicted molar refractivity (Wildman–Crippen MR) is 136 cm³/mol. The number of rotatable bonds is 7. The highest BCUT2D eigenvalue weighted by molar-refractivity contribution is 6.15. The number of benzene rings is 2. The Labute approximate surface area is 205 Å². The Morgan fingerprint density at radius 3 is 2.60 bits per heavy atom. The molecule has 0 radical (unpaired) electrons. The van der Waals surface area contributed by atoms with Crippen molar-refractivity contribution in [3.8, 4) is 11.4 Å². The number of nitrogens with zero attached hydrogens (tertiary/aromatic N) is 4. The van der Waals surface area contributed by atoms with Crippen molar-refractivity contribution < 1.29 is 14.6 Å². The van der Waals surface area contributed by atoms with Gasteiger partial charge in [0.25, 0.3) is 0 Å². The minimum absolute atomic E-state index is 0.0940. The number of aliphatic hydroxyl groups is 1. The number of aryl methyl sites for hydroxylation is 1. The Balaban J connectivity index is 1.86. The normalized spacial score (nSPS) is 15.3. The molecule has 2 heterocycles. The largest absolute Gasteiger partial charge is 0.497 e. The first-order valence-electron chi connectivity index (χ1n) is 11.7. The number of ether oxygens (including phenoxy) is 1. The molecule has 1 aromatic heterocycles. The zero-order chi connectivity index (χ0) is 25.2. The van der Waals surface area contributed by atoms with Crippen molar-refractivity contribution in [1.29, 1.82) is 0 Å². The van der Waals surface area contributed by atoms with Gasteiger partial charge >= 0.3 is 0 Å². The molecule has 0 bridgehead atoms. The summed E-state index contributed by atoms with van der Waals surface area (Å²) in [5, 5.41) is 21.5. The van der Waals surface area contributed by atoms with Gasteiger partial charge in [-0.3, -0.25) is 14.4 Å². The molecule has 0 aliphatic carbocycles. The van der Waals surface area contributed by atoms with E-state index in [1.165, 1.54) is 0 Å². The lowest BCUT2D eigenvalue weighted by Gasteiger charge is -2.14. The van der Waals surface area contributed by atoms with Gasteiger partial charge < -0.3 is 15.2 Å². The van der Waals surface area contributed by atoms with Crippen molar-refractivity contribution >= 4 is 17.7 Å². The maximum absolute atomic E-state index is 12.6. The van der Waals surface area contributed by atoms with Crippen LogP contribution in [0, 0.1) is 6.92 Å². The average Bonchev–Trinajstić information content (AvgIpc) is 3.15. The van der Waals surface area contributed by atoms with Gasteiger partial charge in [0, 0.05) is 17.7 Å². The zero-order valence-electron chi connectivity index (χ0n) is 20.7. The van der Waals surface area contributed by atoms with E-state index in [1.807, 2.05) is 67.0 Å². The van der Waals surface area contributed by atoms with Crippen LogP contribution in [-0.2, 0) is 4.79 Å². The molecule has 0 saturated heterocycles. The van der Waals surface area contributed by atoms with Crippen LogP contribution in [0.4, 0.5) is 0 Å².